The number of ether oxygens (including phenoxy) is 1. The second-order valence-electron chi connectivity index (χ2n) is 5.86. The number of nitrogens with zero attached hydrogens (tertiary/aromatic N) is 2. The number of hydrogen-bond donors (Lipinski definition) is 1. The number of likely N-dealkylation sites (tertiary alicyclic amines) is 1. The van der Waals surface area contributed by atoms with Gasteiger partial charge in [-0.05, 0) is 17.7 Å². The zero-order valence-corrected chi connectivity index (χ0v) is 14.4. The van der Waals surface area contributed by atoms with E-state index in [0.717, 1.165) is 5.56 Å². The Kier molecular flexibility index (Phi) is 5.34. The maximum atomic E-state index is 12.4. The third-order valence-electron chi connectivity index (χ3n) is 4.06. The van der Waals surface area contributed by atoms with Crippen LogP contribution in [0.4, 0.5) is 0 Å². The minimum Gasteiger partial charge on any atom is -0.372 e. The summed E-state index contributed by atoms with van der Waals surface area (Å²) in [4.78, 5) is 1.59. The first-order valence-corrected chi connectivity index (χ1v) is 9.46. The van der Waals surface area contributed by atoms with E-state index in [1.165, 1.54) is 17.0 Å². The lowest BCUT2D eigenvalue weighted by Gasteiger charge is -2.19. The molecule has 1 N–H and O–H groups in total. The minimum atomic E-state index is -3.68. The Hall–Kier alpha value is -2.40. The molecule has 0 bridgehead atoms. The quantitative estimate of drug-likeness (QED) is 0.800. The third kappa shape index (κ3) is 4.37. The fourth-order valence-electron chi connectivity index (χ4n) is 2.78. The molecule has 0 amide bonds. The van der Waals surface area contributed by atoms with Crippen molar-refractivity contribution >= 4 is 10.0 Å². The van der Waals surface area contributed by atoms with E-state index in [2.05, 4.69) is 4.72 Å². The Morgan fingerprint density at radius 2 is 1.76 bits per heavy atom. The first-order chi connectivity index (χ1) is 12.1. The molecule has 1 aliphatic heterocycles. The van der Waals surface area contributed by atoms with Crippen molar-refractivity contribution in [2.24, 2.45) is 0 Å². The van der Waals surface area contributed by atoms with Crippen molar-refractivity contribution in [3.63, 3.8) is 0 Å². The van der Waals surface area contributed by atoms with Gasteiger partial charge in [-0.2, -0.15) is 9.98 Å². The number of rotatable bonds is 6. The second-order valence-corrected chi connectivity index (χ2v) is 7.57. The summed E-state index contributed by atoms with van der Waals surface area (Å²) in [5, 5.41) is 9.29. The Labute approximate surface area is 147 Å². The van der Waals surface area contributed by atoms with Crippen LogP contribution in [0.2, 0.25) is 0 Å². The topological polar surface area (TPSA) is 82.4 Å². The van der Waals surface area contributed by atoms with Crippen molar-refractivity contribution in [1.29, 1.82) is 5.26 Å². The molecular weight excluding hydrogens is 338 g/mol. The molecule has 3 rings (SSSR count). The summed E-state index contributed by atoms with van der Waals surface area (Å²) in [5.41, 5.74) is 1.04. The summed E-state index contributed by atoms with van der Waals surface area (Å²) in [7, 11) is -3.68. The third-order valence-corrected chi connectivity index (χ3v) is 5.54. The molecule has 1 heterocycles. The van der Waals surface area contributed by atoms with Crippen molar-refractivity contribution < 1.29 is 13.2 Å². The fraction of sp³-hybridized carbons (Fsp3) is 0.278. The molecule has 0 saturated carbocycles. The van der Waals surface area contributed by atoms with Crippen LogP contribution in [0.15, 0.2) is 65.6 Å². The molecule has 7 heteroatoms. The van der Waals surface area contributed by atoms with Gasteiger partial charge in [0, 0.05) is 6.42 Å². The highest BCUT2D eigenvalue weighted by molar-refractivity contribution is 7.89. The fourth-order valence-corrected chi connectivity index (χ4v) is 4.01. The molecule has 1 aliphatic rings. The first-order valence-electron chi connectivity index (χ1n) is 7.98. The van der Waals surface area contributed by atoms with E-state index in [0.29, 0.717) is 19.6 Å². The molecule has 1 fully saturated rings. The monoisotopic (exact) mass is 357 g/mol. The van der Waals surface area contributed by atoms with Crippen molar-refractivity contribution in [3.05, 3.63) is 66.2 Å². The predicted octanol–water partition coefficient (Wildman–Crippen LogP) is 2.06. The van der Waals surface area contributed by atoms with E-state index in [1.807, 2.05) is 36.5 Å². The van der Waals surface area contributed by atoms with Gasteiger partial charge in [0.25, 0.3) is 0 Å². The summed E-state index contributed by atoms with van der Waals surface area (Å²) >= 11 is 0. The van der Waals surface area contributed by atoms with Gasteiger partial charge < -0.3 is 4.74 Å². The van der Waals surface area contributed by atoms with Crippen molar-refractivity contribution in [1.82, 2.24) is 9.62 Å². The molecule has 0 spiro atoms. The molecule has 0 radical (unpaired) electrons. The number of hydrogen-bond acceptors (Lipinski definition) is 5. The van der Waals surface area contributed by atoms with Crippen molar-refractivity contribution in [3.8, 4) is 6.19 Å². The molecule has 2 atom stereocenters. The number of benzene rings is 2. The van der Waals surface area contributed by atoms with Gasteiger partial charge in [-0.25, -0.2) is 8.42 Å². The van der Waals surface area contributed by atoms with Crippen LogP contribution in [-0.2, 0) is 21.4 Å². The zero-order valence-electron chi connectivity index (χ0n) is 13.6. The van der Waals surface area contributed by atoms with E-state index >= 15 is 0 Å². The van der Waals surface area contributed by atoms with E-state index in [-0.39, 0.29) is 11.0 Å². The van der Waals surface area contributed by atoms with Gasteiger partial charge in [0.2, 0.25) is 10.0 Å². The van der Waals surface area contributed by atoms with Crippen molar-refractivity contribution in [2.75, 3.05) is 6.54 Å². The van der Waals surface area contributed by atoms with Gasteiger partial charge >= 0.3 is 0 Å². The lowest BCUT2D eigenvalue weighted by Crippen LogP contribution is -2.41. The van der Waals surface area contributed by atoms with Crippen LogP contribution in [0.1, 0.15) is 12.0 Å². The molecule has 6 nitrogen and oxygen atoms in total. The molecule has 1 saturated heterocycles. The Morgan fingerprint density at radius 3 is 2.40 bits per heavy atom. The highest BCUT2D eigenvalue weighted by Crippen LogP contribution is 2.21. The predicted molar refractivity (Wildman–Crippen MR) is 92.5 cm³/mol. The van der Waals surface area contributed by atoms with Crippen LogP contribution in [-0.4, -0.2) is 32.1 Å². The van der Waals surface area contributed by atoms with E-state index in [1.54, 1.807) is 18.2 Å². The smallest absolute Gasteiger partial charge is 0.242 e. The Balaban J connectivity index is 1.63. The first kappa shape index (κ1) is 17.4. The SMILES string of the molecule is N#CN1C[C@@H](OCc2ccccc2)CC1NS(=O)(=O)c1ccccc1. The maximum Gasteiger partial charge on any atom is 0.242 e. The van der Waals surface area contributed by atoms with Gasteiger partial charge in [0.15, 0.2) is 6.19 Å². The molecular formula is C18H19N3O3S. The average molecular weight is 357 g/mol. The van der Waals surface area contributed by atoms with E-state index < -0.39 is 16.2 Å². The number of nitrogens with one attached hydrogen (secondary N) is 1. The van der Waals surface area contributed by atoms with Gasteiger partial charge in [0.1, 0.15) is 6.17 Å². The summed E-state index contributed by atoms with van der Waals surface area (Å²) in [6.45, 7) is 0.800. The van der Waals surface area contributed by atoms with Crippen LogP contribution >= 0.6 is 0 Å². The molecule has 25 heavy (non-hydrogen) atoms. The van der Waals surface area contributed by atoms with Crippen LogP contribution < -0.4 is 4.72 Å². The molecule has 0 aliphatic carbocycles. The summed E-state index contributed by atoms with van der Waals surface area (Å²) in [6, 6.07) is 17.9. The maximum absolute atomic E-state index is 12.4. The highest BCUT2D eigenvalue weighted by Gasteiger charge is 2.35. The van der Waals surface area contributed by atoms with Gasteiger partial charge in [0.05, 0.1) is 24.2 Å². The molecule has 0 aromatic heterocycles. The van der Waals surface area contributed by atoms with E-state index in [4.69, 9.17) is 4.74 Å². The largest absolute Gasteiger partial charge is 0.372 e. The Bertz CT molecular complexity index is 835. The lowest BCUT2D eigenvalue weighted by atomic mass is 10.2. The van der Waals surface area contributed by atoms with Crippen LogP contribution in [0, 0.1) is 11.5 Å². The molecule has 2 aromatic rings. The highest BCUT2D eigenvalue weighted by atomic mass is 32.2. The Morgan fingerprint density at radius 1 is 1.12 bits per heavy atom. The van der Waals surface area contributed by atoms with E-state index in [9.17, 15) is 13.7 Å². The minimum absolute atomic E-state index is 0.182. The number of nitriles is 1. The number of sulfonamides is 1. The van der Waals surface area contributed by atoms with Crippen molar-refractivity contribution in [2.45, 2.75) is 30.2 Å². The average Bonchev–Trinajstić information content (AvgIpc) is 3.03. The van der Waals surface area contributed by atoms with Crippen LogP contribution in [0.3, 0.4) is 0 Å². The van der Waals surface area contributed by atoms with Gasteiger partial charge in [-0.1, -0.05) is 48.5 Å². The van der Waals surface area contributed by atoms with Crippen LogP contribution in [0.5, 0.6) is 0 Å². The molecule has 1 unspecified atom stereocenters. The van der Waals surface area contributed by atoms with Gasteiger partial charge in [-0.15, -0.1) is 0 Å². The van der Waals surface area contributed by atoms with Gasteiger partial charge in [-0.3, -0.25) is 4.90 Å². The summed E-state index contributed by atoms with van der Waals surface area (Å²) in [5.74, 6) is 0. The molecule has 2 aromatic carbocycles. The normalized spacial score (nSPS) is 20.4. The standard InChI is InChI=1S/C18H19N3O3S/c19-14-21-12-16(24-13-15-7-3-1-4-8-15)11-18(21)20-25(22,23)17-9-5-2-6-10-17/h1-10,16,18,20H,11-13H2/t16-,18?/m0/s1. The molecule has 130 valence electrons. The summed E-state index contributed by atoms with van der Waals surface area (Å²) in [6.07, 6.45) is 1.66. The summed E-state index contributed by atoms with van der Waals surface area (Å²) < 4.78 is 33.3. The second kappa shape index (κ2) is 7.66. The zero-order chi connectivity index (χ0) is 17.7. The lowest BCUT2D eigenvalue weighted by molar-refractivity contribution is 0.0492. The van der Waals surface area contributed by atoms with Crippen LogP contribution in [0.25, 0.3) is 0 Å².